The van der Waals surface area contributed by atoms with E-state index in [1.807, 2.05) is 19.3 Å². The van der Waals surface area contributed by atoms with Crippen LogP contribution in [-0.4, -0.2) is 18.1 Å². The maximum Gasteiger partial charge on any atom is 0.0876 e. The Balaban J connectivity index is 2.21. The number of nitrogens with one attached hydrogen (secondary N) is 1. The van der Waals surface area contributed by atoms with Crippen LogP contribution in [0.15, 0.2) is 30.0 Å². The average molecular weight is 246 g/mol. The summed E-state index contributed by atoms with van der Waals surface area (Å²) in [6.45, 7) is 6.05. The van der Waals surface area contributed by atoms with E-state index in [-0.39, 0.29) is 6.04 Å². The molecule has 1 aromatic rings. The van der Waals surface area contributed by atoms with Crippen LogP contribution in [0.3, 0.4) is 0 Å². The largest absolute Gasteiger partial charge is 0.501 e. The van der Waals surface area contributed by atoms with Gasteiger partial charge in [-0.25, -0.2) is 0 Å². The third kappa shape index (κ3) is 3.33. The van der Waals surface area contributed by atoms with Crippen LogP contribution in [0, 0.1) is 6.92 Å². The van der Waals surface area contributed by atoms with Gasteiger partial charge in [0.05, 0.1) is 24.6 Å². The zero-order valence-corrected chi connectivity index (χ0v) is 11.3. The van der Waals surface area contributed by atoms with Crippen molar-refractivity contribution < 1.29 is 4.74 Å². The topological polar surface area (TPSA) is 34.1 Å². The Morgan fingerprint density at radius 3 is 3.00 bits per heavy atom. The number of ether oxygens (including phenoxy) is 1. The first kappa shape index (κ1) is 13.1. The molecule has 0 saturated carbocycles. The van der Waals surface area contributed by atoms with Gasteiger partial charge in [-0.15, -0.1) is 0 Å². The molecule has 98 valence electrons. The fourth-order valence-electron chi connectivity index (χ4n) is 2.24. The molecule has 0 aliphatic carbocycles. The third-order valence-electron chi connectivity index (χ3n) is 3.14. The molecule has 1 aliphatic rings. The second kappa shape index (κ2) is 6.55. The highest BCUT2D eigenvalue weighted by Crippen LogP contribution is 2.26. The van der Waals surface area contributed by atoms with Crippen molar-refractivity contribution in [3.05, 3.63) is 41.4 Å². The lowest BCUT2D eigenvalue weighted by Gasteiger charge is -2.24. The van der Waals surface area contributed by atoms with Crippen molar-refractivity contribution in [2.24, 2.45) is 0 Å². The molecule has 0 saturated heterocycles. The summed E-state index contributed by atoms with van der Waals surface area (Å²) >= 11 is 0. The predicted molar refractivity (Wildman–Crippen MR) is 73.3 cm³/mol. The number of aromatic nitrogens is 1. The van der Waals surface area contributed by atoms with Crippen LogP contribution < -0.4 is 5.32 Å². The Kier molecular flexibility index (Phi) is 4.76. The molecule has 2 rings (SSSR count). The van der Waals surface area contributed by atoms with Crippen LogP contribution in [0.25, 0.3) is 0 Å². The minimum Gasteiger partial charge on any atom is -0.501 e. The standard InChI is InChI=1S/C15H22N2O/c1-3-9-16-15(13-7-5-10-18-11-13)14-8-4-6-12(2)17-14/h4,6,8,11,15-16H,3,5,7,9-10H2,1-2H3. The molecule has 0 spiro atoms. The molecule has 3 heteroatoms. The molecule has 18 heavy (non-hydrogen) atoms. The zero-order chi connectivity index (χ0) is 12.8. The first-order valence-electron chi connectivity index (χ1n) is 6.78. The van der Waals surface area contributed by atoms with E-state index < -0.39 is 0 Å². The van der Waals surface area contributed by atoms with Gasteiger partial charge in [-0.3, -0.25) is 4.98 Å². The molecule has 1 aliphatic heterocycles. The van der Waals surface area contributed by atoms with Crippen LogP contribution in [0.2, 0.25) is 0 Å². The normalized spacial score (nSPS) is 16.9. The fourth-order valence-corrected chi connectivity index (χ4v) is 2.24. The maximum absolute atomic E-state index is 5.46. The minimum absolute atomic E-state index is 0.199. The van der Waals surface area contributed by atoms with Crippen LogP contribution in [-0.2, 0) is 4.74 Å². The van der Waals surface area contributed by atoms with Crippen LogP contribution in [0.1, 0.15) is 43.6 Å². The van der Waals surface area contributed by atoms with Crippen molar-refractivity contribution in [2.45, 2.75) is 39.2 Å². The summed E-state index contributed by atoms with van der Waals surface area (Å²) < 4.78 is 5.46. The maximum atomic E-state index is 5.46. The SMILES string of the molecule is CCCNC(C1=COCCC1)c1cccc(C)n1. The molecule has 0 bridgehead atoms. The highest BCUT2D eigenvalue weighted by atomic mass is 16.5. The lowest BCUT2D eigenvalue weighted by Crippen LogP contribution is -2.26. The van der Waals surface area contributed by atoms with Gasteiger partial charge in [0.25, 0.3) is 0 Å². The van der Waals surface area contributed by atoms with Crippen molar-refractivity contribution in [2.75, 3.05) is 13.2 Å². The molecular formula is C15H22N2O. The van der Waals surface area contributed by atoms with Gasteiger partial charge in [0.15, 0.2) is 0 Å². The summed E-state index contributed by atoms with van der Waals surface area (Å²) in [7, 11) is 0. The van der Waals surface area contributed by atoms with Gasteiger partial charge < -0.3 is 10.1 Å². The van der Waals surface area contributed by atoms with Gasteiger partial charge >= 0.3 is 0 Å². The lowest BCUT2D eigenvalue weighted by atomic mass is 9.98. The Labute approximate surface area is 109 Å². The molecule has 1 atom stereocenters. The predicted octanol–water partition coefficient (Wildman–Crippen LogP) is 3.13. The quantitative estimate of drug-likeness (QED) is 0.866. The van der Waals surface area contributed by atoms with E-state index in [2.05, 4.69) is 29.4 Å². The first-order chi connectivity index (χ1) is 8.81. The molecule has 0 fully saturated rings. The van der Waals surface area contributed by atoms with Crippen LogP contribution in [0.4, 0.5) is 0 Å². The molecule has 3 nitrogen and oxygen atoms in total. The van der Waals surface area contributed by atoms with Gasteiger partial charge in [-0.2, -0.15) is 0 Å². The van der Waals surface area contributed by atoms with Crippen molar-refractivity contribution in [3.63, 3.8) is 0 Å². The molecule has 0 radical (unpaired) electrons. The summed E-state index contributed by atoms with van der Waals surface area (Å²) in [5.74, 6) is 0. The van der Waals surface area contributed by atoms with E-state index in [9.17, 15) is 0 Å². The molecule has 1 aromatic heterocycles. The van der Waals surface area contributed by atoms with E-state index in [0.717, 1.165) is 43.8 Å². The third-order valence-corrected chi connectivity index (χ3v) is 3.14. The van der Waals surface area contributed by atoms with Crippen molar-refractivity contribution in [1.82, 2.24) is 10.3 Å². The Morgan fingerprint density at radius 2 is 2.33 bits per heavy atom. The summed E-state index contributed by atoms with van der Waals surface area (Å²) in [5.41, 5.74) is 3.47. The Hall–Kier alpha value is -1.35. The highest BCUT2D eigenvalue weighted by Gasteiger charge is 2.19. The number of aryl methyl sites for hydroxylation is 1. The number of hydrogen-bond donors (Lipinski definition) is 1. The van der Waals surface area contributed by atoms with E-state index in [0.29, 0.717) is 0 Å². The van der Waals surface area contributed by atoms with Gasteiger partial charge in [0.2, 0.25) is 0 Å². The molecule has 2 heterocycles. The first-order valence-corrected chi connectivity index (χ1v) is 6.78. The number of rotatable bonds is 5. The van der Waals surface area contributed by atoms with Crippen LogP contribution >= 0.6 is 0 Å². The molecular weight excluding hydrogens is 224 g/mol. The molecule has 1 N–H and O–H groups in total. The van der Waals surface area contributed by atoms with Crippen molar-refractivity contribution in [3.8, 4) is 0 Å². The molecule has 1 unspecified atom stereocenters. The van der Waals surface area contributed by atoms with Crippen LogP contribution in [0.5, 0.6) is 0 Å². The van der Waals surface area contributed by atoms with Gasteiger partial charge in [-0.1, -0.05) is 13.0 Å². The summed E-state index contributed by atoms with van der Waals surface area (Å²) in [5, 5.41) is 3.57. The average Bonchev–Trinajstić information content (AvgIpc) is 2.40. The summed E-state index contributed by atoms with van der Waals surface area (Å²) in [6.07, 6.45) is 5.23. The molecule has 0 aromatic carbocycles. The van der Waals surface area contributed by atoms with Crippen molar-refractivity contribution in [1.29, 1.82) is 0 Å². The molecule has 0 amide bonds. The Morgan fingerprint density at radius 1 is 1.44 bits per heavy atom. The second-order valence-electron chi connectivity index (χ2n) is 4.76. The zero-order valence-electron chi connectivity index (χ0n) is 11.3. The fraction of sp³-hybridized carbons (Fsp3) is 0.533. The van der Waals surface area contributed by atoms with E-state index in [4.69, 9.17) is 4.74 Å². The monoisotopic (exact) mass is 246 g/mol. The summed E-state index contributed by atoms with van der Waals surface area (Å²) in [4.78, 5) is 4.64. The highest BCUT2D eigenvalue weighted by molar-refractivity contribution is 5.23. The van der Waals surface area contributed by atoms with Crippen molar-refractivity contribution >= 4 is 0 Å². The lowest BCUT2D eigenvalue weighted by molar-refractivity contribution is 0.219. The van der Waals surface area contributed by atoms with E-state index in [1.165, 1.54) is 5.57 Å². The minimum atomic E-state index is 0.199. The van der Waals surface area contributed by atoms with Gasteiger partial charge in [0, 0.05) is 5.69 Å². The van der Waals surface area contributed by atoms with Gasteiger partial charge in [0.1, 0.15) is 0 Å². The number of hydrogen-bond acceptors (Lipinski definition) is 3. The van der Waals surface area contributed by atoms with E-state index in [1.54, 1.807) is 0 Å². The smallest absolute Gasteiger partial charge is 0.0876 e. The number of nitrogens with zero attached hydrogens (tertiary/aromatic N) is 1. The number of pyridine rings is 1. The second-order valence-corrected chi connectivity index (χ2v) is 4.76. The Bertz CT molecular complexity index is 415. The van der Waals surface area contributed by atoms with E-state index >= 15 is 0 Å². The van der Waals surface area contributed by atoms with Gasteiger partial charge in [-0.05, 0) is 50.4 Å². The summed E-state index contributed by atoms with van der Waals surface area (Å²) in [6, 6.07) is 6.40.